The maximum Gasteiger partial charge on any atom is 0.123 e. The molecule has 1 saturated heterocycles. The van der Waals surface area contributed by atoms with Crippen molar-refractivity contribution in [3.05, 3.63) is 34.5 Å². The molecule has 1 aliphatic rings. The second kappa shape index (κ2) is 5.06. The fraction of sp³-hybridized carbons (Fsp3) is 0.500. The van der Waals surface area contributed by atoms with Crippen LogP contribution in [-0.2, 0) is 0 Å². The summed E-state index contributed by atoms with van der Waals surface area (Å²) in [7, 11) is 0. The highest BCUT2D eigenvalue weighted by Crippen LogP contribution is 2.32. The Morgan fingerprint density at radius 3 is 3.06 bits per heavy atom. The number of piperidine rings is 1. The SMILES string of the molecule is CC1CCCN(c2ccc(F)cc2N=[N+]=[N-])C1. The summed E-state index contributed by atoms with van der Waals surface area (Å²) in [6.07, 6.45) is 2.34. The Bertz CT molecular complexity index is 454. The lowest BCUT2D eigenvalue weighted by Gasteiger charge is -2.33. The first-order chi connectivity index (χ1) is 8.20. The Balaban J connectivity index is 2.33. The molecule has 4 nitrogen and oxygen atoms in total. The molecule has 1 fully saturated rings. The maximum atomic E-state index is 13.1. The Labute approximate surface area is 99.7 Å². The first kappa shape index (κ1) is 11.7. The van der Waals surface area contributed by atoms with Gasteiger partial charge in [0.25, 0.3) is 0 Å². The first-order valence-corrected chi connectivity index (χ1v) is 5.80. The Morgan fingerprint density at radius 2 is 2.35 bits per heavy atom. The molecule has 0 aliphatic carbocycles. The zero-order valence-corrected chi connectivity index (χ0v) is 9.80. The van der Waals surface area contributed by atoms with E-state index in [1.165, 1.54) is 18.6 Å². The minimum atomic E-state index is -0.374. The largest absolute Gasteiger partial charge is 0.371 e. The summed E-state index contributed by atoms with van der Waals surface area (Å²) in [6, 6.07) is 4.39. The first-order valence-electron chi connectivity index (χ1n) is 5.80. The number of nitrogens with zero attached hydrogens (tertiary/aromatic N) is 4. The molecule has 1 aromatic rings. The molecule has 5 heteroatoms. The van der Waals surface area contributed by atoms with E-state index >= 15 is 0 Å². The summed E-state index contributed by atoms with van der Waals surface area (Å²) in [4.78, 5) is 4.92. The number of anilines is 1. The summed E-state index contributed by atoms with van der Waals surface area (Å²) >= 11 is 0. The summed E-state index contributed by atoms with van der Waals surface area (Å²) < 4.78 is 13.1. The molecule has 0 radical (unpaired) electrons. The molecule has 0 saturated carbocycles. The predicted octanol–water partition coefficient (Wildman–Crippen LogP) is 4.00. The molecular formula is C12H15FN4. The van der Waals surface area contributed by atoms with E-state index in [-0.39, 0.29) is 5.82 Å². The zero-order chi connectivity index (χ0) is 12.3. The molecule has 1 atom stereocenters. The summed E-state index contributed by atoms with van der Waals surface area (Å²) in [5.41, 5.74) is 9.71. The third-order valence-electron chi connectivity index (χ3n) is 3.09. The molecule has 0 N–H and O–H groups in total. The van der Waals surface area contributed by atoms with Crippen LogP contribution >= 0.6 is 0 Å². The van der Waals surface area contributed by atoms with Gasteiger partial charge in [0.1, 0.15) is 5.82 Å². The summed E-state index contributed by atoms with van der Waals surface area (Å²) in [6.45, 7) is 4.06. The molecule has 1 aliphatic heterocycles. The molecule has 1 unspecified atom stereocenters. The quantitative estimate of drug-likeness (QED) is 0.433. The average Bonchev–Trinajstić information content (AvgIpc) is 2.29. The highest BCUT2D eigenvalue weighted by Gasteiger charge is 2.18. The third-order valence-corrected chi connectivity index (χ3v) is 3.09. The van der Waals surface area contributed by atoms with Crippen LogP contribution in [0.5, 0.6) is 0 Å². The predicted molar refractivity (Wildman–Crippen MR) is 65.8 cm³/mol. The van der Waals surface area contributed by atoms with Gasteiger partial charge in [0.15, 0.2) is 0 Å². The molecule has 1 aromatic carbocycles. The van der Waals surface area contributed by atoms with Crippen LogP contribution in [0.2, 0.25) is 0 Å². The molecule has 1 heterocycles. The van der Waals surface area contributed by atoms with E-state index in [0.29, 0.717) is 11.6 Å². The fourth-order valence-corrected chi connectivity index (χ4v) is 2.30. The molecule has 0 aromatic heterocycles. The Hall–Kier alpha value is -1.74. The molecule has 0 amide bonds. The number of hydrogen-bond acceptors (Lipinski definition) is 2. The van der Waals surface area contributed by atoms with Gasteiger partial charge in [-0.2, -0.15) is 0 Å². The van der Waals surface area contributed by atoms with Crippen molar-refractivity contribution >= 4 is 11.4 Å². The smallest absolute Gasteiger partial charge is 0.123 e. The van der Waals surface area contributed by atoms with Gasteiger partial charge in [-0.3, -0.25) is 0 Å². The third kappa shape index (κ3) is 2.68. The second-order valence-corrected chi connectivity index (χ2v) is 4.52. The van der Waals surface area contributed by atoms with Gasteiger partial charge in [-0.25, -0.2) is 4.39 Å². The summed E-state index contributed by atoms with van der Waals surface area (Å²) in [5, 5.41) is 3.57. The van der Waals surface area contributed by atoms with Crippen LogP contribution < -0.4 is 4.90 Å². The monoisotopic (exact) mass is 234 g/mol. The minimum Gasteiger partial charge on any atom is -0.371 e. The van der Waals surface area contributed by atoms with Crippen molar-refractivity contribution in [1.82, 2.24) is 0 Å². The highest BCUT2D eigenvalue weighted by atomic mass is 19.1. The standard InChI is InChI=1S/C12H15FN4/c1-9-3-2-6-17(8-9)12-5-4-10(13)7-11(12)15-16-14/h4-5,7,9H,2-3,6,8H2,1H3. The van der Waals surface area contributed by atoms with Crippen molar-refractivity contribution in [1.29, 1.82) is 0 Å². The Morgan fingerprint density at radius 1 is 1.53 bits per heavy atom. The number of benzene rings is 1. The van der Waals surface area contributed by atoms with Gasteiger partial charge in [0.05, 0.1) is 5.69 Å². The van der Waals surface area contributed by atoms with Crippen LogP contribution in [0.25, 0.3) is 10.4 Å². The molecule has 90 valence electrons. The van der Waals surface area contributed by atoms with E-state index < -0.39 is 0 Å². The van der Waals surface area contributed by atoms with Crippen LogP contribution in [-0.4, -0.2) is 13.1 Å². The van der Waals surface area contributed by atoms with E-state index in [1.807, 2.05) is 0 Å². The molecule has 2 rings (SSSR count). The molecule has 0 bridgehead atoms. The highest BCUT2D eigenvalue weighted by molar-refractivity contribution is 5.67. The van der Waals surface area contributed by atoms with Crippen LogP contribution in [0.1, 0.15) is 19.8 Å². The van der Waals surface area contributed by atoms with Gasteiger partial charge in [-0.1, -0.05) is 12.0 Å². The van der Waals surface area contributed by atoms with E-state index in [4.69, 9.17) is 5.53 Å². The van der Waals surface area contributed by atoms with Gasteiger partial charge in [-0.15, -0.1) is 0 Å². The van der Waals surface area contributed by atoms with Crippen molar-refractivity contribution in [2.45, 2.75) is 19.8 Å². The lowest BCUT2D eigenvalue weighted by molar-refractivity contribution is 0.447. The molecule has 0 spiro atoms. The van der Waals surface area contributed by atoms with Crippen LogP contribution in [0.15, 0.2) is 23.3 Å². The van der Waals surface area contributed by atoms with Crippen LogP contribution in [0, 0.1) is 11.7 Å². The van der Waals surface area contributed by atoms with E-state index in [1.54, 1.807) is 6.07 Å². The Kier molecular flexibility index (Phi) is 3.49. The lowest BCUT2D eigenvalue weighted by atomic mass is 9.99. The normalized spacial score (nSPS) is 19.9. The number of hydrogen-bond donors (Lipinski definition) is 0. The maximum absolute atomic E-state index is 13.1. The number of halogens is 1. The summed E-state index contributed by atoms with van der Waals surface area (Å²) in [5.74, 6) is 0.244. The van der Waals surface area contributed by atoms with Crippen LogP contribution in [0.3, 0.4) is 0 Å². The van der Waals surface area contributed by atoms with E-state index in [9.17, 15) is 4.39 Å². The zero-order valence-electron chi connectivity index (χ0n) is 9.80. The number of rotatable bonds is 2. The van der Waals surface area contributed by atoms with Gasteiger partial charge in [0.2, 0.25) is 0 Å². The van der Waals surface area contributed by atoms with Crippen molar-refractivity contribution in [2.75, 3.05) is 18.0 Å². The fourth-order valence-electron chi connectivity index (χ4n) is 2.30. The van der Waals surface area contributed by atoms with E-state index in [0.717, 1.165) is 25.2 Å². The van der Waals surface area contributed by atoms with Crippen molar-refractivity contribution in [3.63, 3.8) is 0 Å². The topological polar surface area (TPSA) is 52.0 Å². The number of azide groups is 1. The molecule has 17 heavy (non-hydrogen) atoms. The minimum absolute atomic E-state index is 0.374. The van der Waals surface area contributed by atoms with Gasteiger partial charge in [0, 0.05) is 23.7 Å². The average molecular weight is 234 g/mol. The van der Waals surface area contributed by atoms with Crippen molar-refractivity contribution in [3.8, 4) is 0 Å². The van der Waals surface area contributed by atoms with Crippen LogP contribution in [0.4, 0.5) is 15.8 Å². The van der Waals surface area contributed by atoms with Gasteiger partial charge in [-0.05, 0) is 42.5 Å². The van der Waals surface area contributed by atoms with Crippen molar-refractivity contribution in [2.24, 2.45) is 11.0 Å². The van der Waals surface area contributed by atoms with Gasteiger partial charge >= 0.3 is 0 Å². The lowest BCUT2D eigenvalue weighted by Crippen LogP contribution is -2.34. The molecular weight excluding hydrogens is 219 g/mol. The van der Waals surface area contributed by atoms with Gasteiger partial charge < -0.3 is 4.90 Å². The van der Waals surface area contributed by atoms with Crippen molar-refractivity contribution < 1.29 is 4.39 Å². The second-order valence-electron chi connectivity index (χ2n) is 4.52. The van der Waals surface area contributed by atoms with E-state index in [2.05, 4.69) is 21.8 Å².